The van der Waals surface area contributed by atoms with Crippen molar-refractivity contribution in [2.24, 2.45) is 0 Å². The molecule has 2 saturated heterocycles. The first kappa shape index (κ1) is 23.1. The monoisotopic (exact) mass is 416 g/mol. The maximum atomic E-state index is 13.0. The molecule has 2 nitrogen and oxygen atoms in total. The lowest BCUT2D eigenvalue weighted by Crippen LogP contribution is -2.66. The summed E-state index contributed by atoms with van der Waals surface area (Å²) in [5.74, 6) is -27.3. The van der Waals surface area contributed by atoms with E-state index in [0.29, 0.717) is 6.61 Å². The van der Waals surface area contributed by atoms with Gasteiger partial charge in [-0.15, -0.1) is 0 Å². The first-order valence-electron chi connectivity index (χ1n) is 6.85. The third-order valence-electron chi connectivity index (χ3n) is 3.35. The molecular formula is C12H12F12O2. The van der Waals surface area contributed by atoms with Crippen molar-refractivity contribution in [2.45, 2.75) is 54.9 Å². The third-order valence-corrected chi connectivity index (χ3v) is 3.35. The summed E-state index contributed by atoms with van der Waals surface area (Å²) in [4.78, 5) is 0. The minimum atomic E-state index is -7.16. The van der Waals surface area contributed by atoms with E-state index in [9.17, 15) is 52.7 Å². The van der Waals surface area contributed by atoms with Crippen LogP contribution in [0.25, 0.3) is 0 Å². The average molecular weight is 416 g/mol. The first-order valence-corrected chi connectivity index (χ1v) is 6.85. The Kier molecular flexibility index (Phi) is 6.76. The maximum absolute atomic E-state index is 13.0. The number of rotatable bonds is 8. The minimum Gasteiger partial charge on any atom is -0.373 e. The van der Waals surface area contributed by atoms with Gasteiger partial charge in [-0.05, 0) is 0 Å². The van der Waals surface area contributed by atoms with Crippen molar-refractivity contribution in [2.75, 3.05) is 19.9 Å². The fourth-order valence-corrected chi connectivity index (χ4v) is 1.49. The smallest absolute Gasteiger partial charge is 0.373 e. The molecule has 0 aromatic rings. The summed E-state index contributed by atoms with van der Waals surface area (Å²) in [7, 11) is 0. The van der Waals surface area contributed by atoms with E-state index in [1.54, 1.807) is 0 Å². The number of epoxide rings is 2. The number of alkyl halides is 12. The summed E-state index contributed by atoms with van der Waals surface area (Å²) in [5.41, 5.74) is 0. The van der Waals surface area contributed by atoms with Crippen LogP contribution in [0.2, 0.25) is 0 Å². The van der Waals surface area contributed by atoms with Gasteiger partial charge in [-0.3, -0.25) is 0 Å². The van der Waals surface area contributed by atoms with Gasteiger partial charge in [0.1, 0.15) is 12.8 Å². The molecule has 3 unspecified atom stereocenters. The molecule has 2 rings (SSSR count). The molecule has 0 bridgehead atoms. The van der Waals surface area contributed by atoms with E-state index in [-0.39, 0.29) is 19.4 Å². The standard InChI is InChI=1S/C9H7F11O.C3H5FO/c10-4(1-3-2-21-3)6(13,14)8(17,18)9(19,20)7(15,16)5(11)12;4-1-3-2-5-3/h3-5H,1-2H2;3H,1-2H2. The molecule has 0 aromatic carbocycles. The van der Waals surface area contributed by atoms with Crippen LogP contribution in [0.4, 0.5) is 52.7 Å². The second kappa shape index (κ2) is 7.60. The van der Waals surface area contributed by atoms with Crippen LogP contribution in [-0.4, -0.2) is 68.4 Å². The Bertz CT molecular complexity index is 461. The van der Waals surface area contributed by atoms with E-state index in [1.807, 2.05) is 0 Å². The average Bonchev–Trinajstić information content (AvgIpc) is 3.40. The van der Waals surface area contributed by atoms with Crippen LogP contribution in [0.15, 0.2) is 0 Å². The lowest BCUT2D eigenvalue weighted by Gasteiger charge is -2.37. The van der Waals surface area contributed by atoms with Gasteiger partial charge in [-0.2, -0.15) is 35.1 Å². The normalized spacial score (nSPS) is 24.8. The Morgan fingerprint density at radius 2 is 1.12 bits per heavy atom. The van der Waals surface area contributed by atoms with E-state index < -0.39 is 48.8 Å². The quantitative estimate of drug-likeness (QED) is 0.436. The molecule has 0 radical (unpaired) electrons. The predicted molar refractivity (Wildman–Crippen MR) is 60.8 cm³/mol. The molecule has 2 aliphatic rings. The Labute approximate surface area is 138 Å². The van der Waals surface area contributed by atoms with Crippen molar-refractivity contribution >= 4 is 0 Å². The lowest BCUT2D eigenvalue weighted by atomic mass is 9.94. The van der Waals surface area contributed by atoms with Gasteiger partial charge in [0.15, 0.2) is 6.17 Å². The largest absolute Gasteiger partial charge is 0.384 e. The Balaban J connectivity index is 0.000000577. The molecule has 0 saturated carbocycles. The Hall–Kier alpha value is -0.920. The number of halogens is 12. The molecule has 2 heterocycles. The van der Waals surface area contributed by atoms with Crippen LogP contribution in [0, 0.1) is 0 Å². The van der Waals surface area contributed by atoms with Crippen LogP contribution >= 0.6 is 0 Å². The first-order chi connectivity index (χ1) is 11.6. The van der Waals surface area contributed by atoms with E-state index in [1.165, 1.54) is 0 Å². The summed E-state index contributed by atoms with van der Waals surface area (Å²) in [6.45, 7) is 0.0299. The molecular weight excluding hydrogens is 404 g/mol. The van der Waals surface area contributed by atoms with Gasteiger partial charge in [0.05, 0.1) is 19.3 Å². The van der Waals surface area contributed by atoms with Crippen LogP contribution in [0.1, 0.15) is 6.42 Å². The number of ether oxygens (including phenoxy) is 2. The van der Waals surface area contributed by atoms with Crippen molar-refractivity contribution in [3.63, 3.8) is 0 Å². The van der Waals surface area contributed by atoms with Crippen molar-refractivity contribution in [3.8, 4) is 0 Å². The van der Waals surface area contributed by atoms with Gasteiger partial charge in [-0.25, -0.2) is 17.6 Å². The SMILES string of the molecule is FC(F)C(F)(F)C(F)(F)C(F)(F)C(F)(F)C(F)CC1CO1.FCC1CO1. The number of hydrogen-bond acceptors (Lipinski definition) is 2. The van der Waals surface area contributed by atoms with Crippen molar-refractivity contribution < 1.29 is 62.2 Å². The number of hydrogen-bond donors (Lipinski definition) is 0. The van der Waals surface area contributed by atoms with Gasteiger partial charge in [-0.1, -0.05) is 0 Å². The maximum Gasteiger partial charge on any atom is 0.384 e. The van der Waals surface area contributed by atoms with E-state index in [2.05, 4.69) is 9.47 Å². The van der Waals surface area contributed by atoms with E-state index >= 15 is 0 Å². The van der Waals surface area contributed by atoms with Crippen molar-refractivity contribution in [1.29, 1.82) is 0 Å². The molecule has 156 valence electrons. The topological polar surface area (TPSA) is 25.1 Å². The van der Waals surface area contributed by atoms with Crippen molar-refractivity contribution in [1.82, 2.24) is 0 Å². The highest BCUT2D eigenvalue weighted by Crippen LogP contribution is 2.56. The summed E-state index contributed by atoms with van der Waals surface area (Å²) >= 11 is 0. The lowest BCUT2D eigenvalue weighted by molar-refractivity contribution is -0.391. The zero-order chi connectivity index (χ0) is 20.6. The second-order valence-corrected chi connectivity index (χ2v) is 5.46. The molecule has 0 aromatic heterocycles. The summed E-state index contributed by atoms with van der Waals surface area (Å²) in [6.07, 6.45) is -12.1. The van der Waals surface area contributed by atoms with Crippen LogP contribution in [0.3, 0.4) is 0 Å². The molecule has 2 aliphatic heterocycles. The van der Waals surface area contributed by atoms with E-state index in [4.69, 9.17) is 0 Å². The van der Waals surface area contributed by atoms with Gasteiger partial charge in [0, 0.05) is 6.42 Å². The Morgan fingerprint density at radius 1 is 0.731 bits per heavy atom. The molecule has 0 N–H and O–H groups in total. The van der Waals surface area contributed by atoms with Gasteiger partial charge in [0.25, 0.3) is 0 Å². The van der Waals surface area contributed by atoms with Crippen molar-refractivity contribution in [3.05, 3.63) is 0 Å². The zero-order valence-electron chi connectivity index (χ0n) is 12.5. The molecule has 26 heavy (non-hydrogen) atoms. The fraction of sp³-hybridized carbons (Fsp3) is 1.00. The summed E-state index contributed by atoms with van der Waals surface area (Å²) < 4.78 is 159. The van der Waals surface area contributed by atoms with E-state index in [0.717, 1.165) is 0 Å². The summed E-state index contributed by atoms with van der Waals surface area (Å²) in [6, 6.07) is 0. The van der Waals surface area contributed by atoms with Gasteiger partial charge >= 0.3 is 30.1 Å². The second-order valence-electron chi connectivity index (χ2n) is 5.46. The molecule has 3 atom stereocenters. The molecule has 2 fully saturated rings. The molecule has 0 spiro atoms. The minimum absolute atomic E-state index is 0.0324. The fourth-order valence-electron chi connectivity index (χ4n) is 1.49. The molecule has 14 heteroatoms. The highest BCUT2D eigenvalue weighted by Gasteiger charge is 2.84. The molecule has 0 amide bonds. The third kappa shape index (κ3) is 4.49. The highest BCUT2D eigenvalue weighted by atomic mass is 19.4. The van der Waals surface area contributed by atoms with Gasteiger partial charge in [0.2, 0.25) is 0 Å². The predicted octanol–water partition coefficient (Wildman–Crippen LogP) is 4.27. The molecule has 0 aliphatic carbocycles. The van der Waals surface area contributed by atoms with Gasteiger partial charge < -0.3 is 9.47 Å². The Morgan fingerprint density at radius 3 is 1.38 bits per heavy atom. The zero-order valence-corrected chi connectivity index (χ0v) is 12.5. The van der Waals surface area contributed by atoms with Crippen LogP contribution < -0.4 is 0 Å². The summed E-state index contributed by atoms with van der Waals surface area (Å²) in [5, 5.41) is 0. The van der Waals surface area contributed by atoms with Crippen LogP contribution in [0.5, 0.6) is 0 Å². The van der Waals surface area contributed by atoms with Crippen LogP contribution in [-0.2, 0) is 9.47 Å². The highest BCUT2D eigenvalue weighted by molar-refractivity contribution is 5.07.